The summed E-state index contributed by atoms with van der Waals surface area (Å²) in [5, 5.41) is 7.27. The van der Waals surface area contributed by atoms with Crippen molar-refractivity contribution in [3.8, 4) is 0 Å². The molecule has 1 unspecified atom stereocenters. The number of amidine groups is 1. The van der Waals surface area contributed by atoms with E-state index in [2.05, 4.69) is 0 Å². The van der Waals surface area contributed by atoms with Crippen molar-refractivity contribution in [2.75, 3.05) is 7.05 Å². The van der Waals surface area contributed by atoms with Crippen molar-refractivity contribution in [1.82, 2.24) is 4.90 Å². The van der Waals surface area contributed by atoms with Gasteiger partial charge < -0.3 is 4.90 Å². The lowest BCUT2D eigenvalue weighted by atomic mass is 9.98. The molecule has 0 spiro atoms. The molecule has 4 heteroatoms. The van der Waals surface area contributed by atoms with Gasteiger partial charge in [0.25, 0.3) is 0 Å². The second-order valence-electron chi connectivity index (χ2n) is 2.85. The first-order valence-corrected chi connectivity index (χ1v) is 4.55. The van der Waals surface area contributed by atoms with Crippen LogP contribution in [0.1, 0.15) is 20.3 Å². The number of rotatable bonds is 3. The Morgan fingerprint density at radius 1 is 1.67 bits per heavy atom. The van der Waals surface area contributed by atoms with E-state index in [9.17, 15) is 0 Å². The molecule has 0 saturated heterocycles. The van der Waals surface area contributed by atoms with Crippen molar-refractivity contribution in [2.24, 2.45) is 0 Å². The Balaban J connectivity index is 4.62. The summed E-state index contributed by atoms with van der Waals surface area (Å²) >= 11 is 11.1. The minimum absolute atomic E-state index is 0.0223. The number of hydrogen-bond donors (Lipinski definition) is 1. The summed E-state index contributed by atoms with van der Waals surface area (Å²) in [7, 11) is 1.77. The van der Waals surface area contributed by atoms with E-state index >= 15 is 0 Å². The molecule has 0 aromatic heterocycles. The van der Waals surface area contributed by atoms with Crippen LogP contribution in [-0.2, 0) is 0 Å². The number of nitrogens with zero attached hydrogens (tertiary/aromatic N) is 1. The topological polar surface area (TPSA) is 27.1 Å². The summed E-state index contributed by atoms with van der Waals surface area (Å²) in [6.45, 7) is 4.00. The van der Waals surface area contributed by atoms with E-state index in [-0.39, 0.29) is 10.8 Å². The lowest BCUT2D eigenvalue weighted by Gasteiger charge is -2.35. The third-order valence-corrected chi connectivity index (χ3v) is 2.58. The average molecular weight is 209 g/mol. The van der Waals surface area contributed by atoms with Crippen molar-refractivity contribution in [2.45, 2.75) is 25.8 Å². The zero-order chi connectivity index (χ0) is 9.78. The molecule has 12 heavy (non-hydrogen) atoms. The predicted octanol–water partition coefficient (Wildman–Crippen LogP) is 3.01. The van der Waals surface area contributed by atoms with Gasteiger partial charge in [0, 0.05) is 12.6 Å². The molecule has 1 N–H and O–H groups in total. The summed E-state index contributed by atoms with van der Waals surface area (Å²) < 4.78 is 0. The molecule has 0 aliphatic heterocycles. The van der Waals surface area contributed by atoms with Crippen LogP contribution in [0, 0.1) is 5.41 Å². The Bertz CT molecular complexity index is 191. The number of likely N-dealkylation sites (N-methyl/N-ethyl adjacent to an activating group) is 1. The van der Waals surface area contributed by atoms with Crippen LogP contribution < -0.4 is 0 Å². The van der Waals surface area contributed by atoms with Crippen LogP contribution in [0.15, 0.2) is 11.6 Å². The maximum Gasteiger partial charge on any atom is 0.191 e. The van der Waals surface area contributed by atoms with Crippen molar-refractivity contribution < 1.29 is 0 Å². The standard InChI is InChI=1S/C8H14Cl2N2/c1-4-8(2,5-6-9)12(3)7(10)11/h5-6,11H,4H2,1-3H3/b6-5+,11-7?. The average Bonchev–Trinajstić information content (AvgIpc) is 2.03. The smallest absolute Gasteiger partial charge is 0.191 e. The predicted molar refractivity (Wildman–Crippen MR) is 55.0 cm³/mol. The zero-order valence-corrected chi connectivity index (χ0v) is 9.08. The van der Waals surface area contributed by atoms with Crippen LogP contribution in [0.5, 0.6) is 0 Å². The maximum absolute atomic E-state index is 7.25. The highest BCUT2D eigenvalue weighted by molar-refractivity contribution is 6.63. The summed E-state index contributed by atoms with van der Waals surface area (Å²) in [5.74, 6) is 0. The van der Waals surface area contributed by atoms with Crippen molar-refractivity contribution in [1.29, 1.82) is 5.41 Å². The first-order chi connectivity index (χ1) is 5.48. The Kier molecular flexibility index (Phi) is 4.64. The summed E-state index contributed by atoms with van der Waals surface area (Å²) in [6.07, 6.45) is 2.67. The van der Waals surface area contributed by atoms with Crippen molar-refractivity contribution in [3.05, 3.63) is 11.6 Å². The number of nitrogens with one attached hydrogen (secondary N) is 1. The molecule has 0 saturated carbocycles. The van der Waals surface area contributed by atoms with Gasteiger partial charge in [0.05, 0.1) is 5.54 Å². The molecule has 0 aromatic rings. The molecule has 0 fully saturated rings. The van der Waals surface area contributed by atoms with E-state index in [1.165, 1.54) is 5.54 Å². The van der Waals surface area contributed by atoms with Crippen LogP contribution in [0.4, 0.5) is 0 Å². The van der Waals surface area contributed by atoms with Gasteiger partial charge in [0.15, 0.2) is 5.29 Å². The van der Waals surface area contributed by atoms with E-state index in [0.717, 1.165) is 6.42 Å². The summed E-state index contributed by atoms with van der Waals surface area (Å²) in [4.78, 5) is 1.67. The van der Waals surface area contributed by atoms with Crippen LogP contribution >= 0.6 is 23.2 Å². The molecule has 0 aliphatic rings. The van der Waals surface area contributed by atoms with Gasteiger partial charge in [-0.05, 0) is 31.0 Å². The third-order valence-electron chi connectivity index (χ3n) is 2.20. The molecule has 0 rings (SSSR count). The molecule has 0 bridgehead atoms. The fourth-order valence-corrected chi connectivity index (χ4v) is 1.29. The summed E-state index contributed by atoms with van der Waals surface area (Å²) in [5.41, 5.74) is 1.19. The highest BCUT2D eigenvalue weighted by Crippen LogP contribution is 2.20. The molecule has 2 nitrogen and oxygen atoms in total. The Hall–Kier alpha value is -0.210. The largest absolute Gasteiger partial charge is 0.342 e. The van der Waals surface area contributed by atoms with E-state index in [0.29, 0.717) is 0 Å². The van der Waals surface area contributed by atoms with Crippen LogP contribution in [-0.4, -0.2) is 22.8 Å². The second kappa shape index (κ2) is 4.73. The van der Waals surface area contributed by atoms with Crippen LogP contribution in [0.2, 0.25) is 0 Å². The highest BCUT2D eigenvalue weighted by Gasteiger charge is 2.25. The fraction of sp³-hybridized carbons (Fsp3) is 0.625. The molecular weight excluding hydrogens is 195 g/mol. The van der Waals surface area contributed by atoms with Gasteiger partial charge in [-0.2, -0.15) is 0 Å². The van der Waals surface area contributed by atoms with Gasteiger partial charge in [-0.3, -0.25) is 5.41 Å². The minimum Gasteiger partial charge on any atom is -0.342 e. The van der Waals surface area contributed by atoms with Crippen LogP contribution in [0.25, 0.3) is 0 Å². The molecule has 0 aliphatic carbocycles. The SMILES string of the molecule is CCC(C)(/C=C/Cl)N(C)C(=N)Cl. The third kappa shape index (κ3) is 2.68. The van der Waals surface area contributed by atoms with Gasteiger partial charge in [-0.15, -0.1) is 0 Å². The van der Waals surface area contributed by atoms with Crippen molar-refractivity contribution in [3.63, 3.8) is 0 Å². The Morgan fingerprint density at radius 3 is 2.42 bits per heavy atom. The van der Waals surface area contributed by atoms with Gasteiger partial charge in [-0.25, -0.2) is 0 Å². The first kappa shape index (κ1) is 11.8. The van der Waals surface area contributed by atoms with Crippen molar-refractivity contribution >= 4 is 28.5 Å². The first-order valence-electron chi connectivity index (χ1n) is 3.73. The van der Waals surface area contributed by atoms with E-state index in [1.54, 1.807) is 11.9 Å². The Labute approximate surface area is 83.7 Å². The normalized spacial score (nSPS) is 16.1. The summed E-state index contributed by atoms with van der Waals surface area (Å²) in [6, 6.07) is 0. The van der Waals surface area contributed by atoms with E-state index < -0.39 is 0 Å². The second-order valence-corrected chi connectivity index (χ2v) is 3.46. The Morgan fingerprint density at radius 2 is 2.17 bits per heavy atom. The number of hydrogen-bond acceptors (Lipinski definition) is 1. The lowest BCUT2D eigenvalue weighted by molar-refractivity contribution is 0.288. The highest BCUT2D eigenvalue weighted by atomic mass is 35.5. The zero-order valence-electron chi connectivity index (χ0n) is 7.56. The molecular formula is C8H14Cl2N2. The van der Waals surface area contributed by atoms with Crippen LogP contribution in [0.3, 0.4) is 0 Å². The van der Waals surface area contributed by atoms with Gasteiger partial charge in [0.2, 0.25) is 0 Å². The quantitative estimate of drug-likeness (QED) is 0.431. The lowest BCUT2D eigenvalue weighted by Crippen LogP contribution is -2.43. The molecule has 0 radical (unpaired) electrons. The molecule has 0 amide bonds. The van der Waals surface area contributed by atoms with E-state index in [4.69, 9.17) is 28.6 Å². The van der Waals surface area contributed by atoms with Gasteiger partial charge >= 0.3 is 0 Å². The molecule has 0 aromatic carbocycles. The molecule has 0 heterocycles. The monoisotopic (exact) mass is 208 g/mol. The van der Waals surface area contributed by atoms with Gasteiger partial charge in [-0.1, -0.05) is 18.5 Å². The van der Waals surface area contributed by atoms with Gasteiger partial charge in [0.1, 0.15) is 0 Å². The van der Waals surface area contributed by atoms with E-state index in [1.807, 2.05) is 19.9 Å². The maximum atomic E-state index is 7.25. The molecule has 70 valence electrons. The fourth-order valence-electron chi connectivity index (χ4n) is 0.827. The number of halogens is 2. The molecule has 1 atom stereocenters. The minimum atomic E-state index is -0.263.